The topological polar surface area (TPSA) is 73.0 Å². The summed E-state index contributed by atoms with van der Waals surface area (Å²) >= 11 is 0. The molecule has 0 bridgehead atoms. The predicted octanol–water partition coefficient (Wildman–Crippen LogP) is 3.13. The molecule has 2 aromatic heterocycles. The Kier molecular flexibility index (Phi) is 3.18. The maximum atomic E-state index is 14.2. The van der Waals surface area contributed by atoms with E-state index in [-0.39, 0.29) is 5.91 Å². The van der Waals surface area contributed by atoms with Gasteiger partial charge in [-0.05, 0) is 37.1 Å². The summed E-state index contributed by atoms with van der Waals surface area (Å²) in [4.78, 5) is 12.3. The molecule has 0 spiro atoms. The van der Waals surface area contributed by atoms with Crippen molar-refractivity contribution in [3.05, 3.63) is 60.0 Å². The van der Waals surface area contributed by atoms with Crippen LogP contribution in [0.5, 0.6) is 0 Å². The lowest BCUT2D eigenvalue weighted by molar-refractivity contribution is 0.102. The van der Waals surface area contributed by atoms with Gasteiger partial charge in [0.15, 0.2) is 5.82 Å². The molecular weight excluding hydrogens is 299 g/mol. The Balaban J connectivity index is 1.56. The molecule has 6 nitrogen and oxygen atoms in total. The number of carbonyl (C=O) groups is 1. The Bertz CT molecular complexity index is 853. The van der Waals surface area contributed by atoms with Crippen LogP contribution in [0, 0.1) is 5.82 Å². The first kappa shape index (κ1) is 13.7. The molecule has 4 rings (SSSR count). The standard InChI is InChI=1S/C16H13FN4O2/c17-13-8-11(4-5-14(13)21-7-1-6-18-21)19-16(22)12-9-23-20-15(12)10-2-3-10/h1,4-10H,2-3H2,(H,19,22). The summed E-state index contributed by atoms with van der Waals surface area (Å²) in [5, 5.41) is 10.5. The van der Waals surface area contributed by atoms with E-state index in [1.165, 1.54) is 17.0 Å². The lowest BCUT2D eigenvalue weighted by Gasteiger charge is -2.08. The van der Waals surface area contributed by atoms with Crippen LogP contribution in [0.25, 0.3) is 5.69 Å². The van der Waals surface area contributed by atoms with Gasteiger partial charge in [0.25, 0.3) is 5.91 Å². The zero-order valence-electron chi connectivity index (χ0n) is 12.1. The Morgan fingerprint density at radius 3 is 2.96 bits per heavy atom. The number of aromatic nitrogens is 3. The lowest BCUT2D eigenvalue weighted by Crippen LogP contribution is -2.13. The second-order valence-electron chi connectivity index (χ2n) is 5.46. The minimum absolute atomic E-state index is 0.299. The first-order valence-electron chi connectivity index (χ1n) is 7.27. The summed E-state index contributed by atoms with van der Waals surface area (Å²) in [6.07, 6.45) is 6.58. The first-order chi connectivity index (χ1) is 11.2. The van der Waals surface area contributed by atoms with Crippen molar-refractivity contribution in [2.45, 2.75) is 18.8 Å². The summed E-state index contributed by atoms with van der Waals surface area (Å²) in [5.74, 6) is -0.521. The third-order valence-electron chi connectivity index (χ3n) is 3.76. The van der Waals surface area contributed by atoms with Crippen molar-refractivity contribution >= 4 is 11.6 Å². The third-order valence-corrected chi connectivity index (χ3v) is 3.76. The highest BCUT2D eigenvalue weighted by atomic mass is 19.1. The molecule has 1 N–H and O–H groups in total. The molecule has 0 atom stereocenters. The van der Waals surface area contributed by atoms with Gasteiger partial charge in [-0.2, -0.15) is 5.10 Å². The van der Waals surface area contributed by atoms with E-state index in [0.29, 0.717) is 28.6 Å². The van der Waals surface area contributed by atoms with E-state index in [1.54, 1.807) is 30.6 Å². The minimum atomic E-state index is -0.473. The molecule has 1 aliphatic carbocycles. The number of nitrogens with zero attached hydrogens (tertiary/aromatic N) is 3. The third kappa shape index (κ3) is 2.61. The van der Waals surface area contributed by atoms with Crippen molar-refractivity contribution in [2.24, 2.45) is 0 Å². The highest BCUT2D eigenvalue weighted by Crippen LogP contribution is 2.40. The Labute approximate surface area is 130 Å². The van der Waals surface area contributed by atoms with Gasteiger partial charge in [-0.15, -0.1) is 0 Å². The number of nitrogens with one attached hydrogen (secondary N) is 1. The van der Waals surface area contributed by atoms with E-state index >= 15 is 0 Å². The van der Waals surface area contributed by atoms with Gasteiger partial charge in [-0.1, -0.05) is 5.16 Å². The number of rotatable bonds is 4. The molecule has 23 heavy (non-hydrogen) atoms. The van der Waals surface area contributed by atoms with Crippen LogP contribution in [0.4, 0.5) is 10.1 Å². The SMILES string of the molecule is O=C(Nc1ccc(-n2cccn2)c(F)c1)c1conc1C1CC1. The van der Waals surface area contributed by atoms with Crippen LogP contribution in [0.1, 0.15) is 34.8 Å². The van der Waals surface area contributed by atoms with Crippen molar-refractivity contribution in [3.63, 3.8) is 0 Å². The van der Waals surface area contributed by atoms with Crippen LogP contribution in [0.3, 0.4) is 0 Å². The maximum absolute atomic E-state index is 14.2. The zero-order valence-corrected chi connectivity index (χ0v) is 12.1. The van der Waals surface area contributed by atoms with Gasteiger partial charge in [0.1, 0.15) is 17.5 Å². The monoisotopic (exact) mass is 312 g/mol. The second-order valence-corrected chi connectivity index (χ2v) is 5.46. The molecule has 1 saturated carbocycles. The Morgan fingerprint density at radius 2 is 2.26 bits per heavy atom. The molecule has 116 valence electrons. The molecule has 0 radical (unpaired) electrons. The van der Waals surface area contributed by atoms with E-state index in [0.717, 1.165) is 12.8 Å². The average molecular weight is 312 g/mol. The van der Waals surface area contributed by atoms with Crippen LogP contribution < -0.4 is 5.32 Å². The molecule has 1 amide bonds. The van der Waals surface area contributed by atoms with Gasteiger partial charge >= 0.3 is 0 Å². The fourth-order valence-corrected chi connectivity index (χ4v) is 2.45. The Morgan fingerprint density at radius 1 is 1.39 bits per heavy atom. The number of carbonyl (C=O) groups excluding carboxylic acids is 1. The molecule has 3 aromatic rings. The normalized spacial score (nSPS) is 14.0. The largest absolute Gasteiger partial charge is 0.364 e. The van der Waals surface area contributed by atoms with E-state index in [4.69, 9.17) is 4.52 Å². The van der Waals surface area contributed by atoms with E-state index in [9.17, 15) is 9.18 Å². The molecule has 0 unspecified atom stereocenters. The lowest BCUT2D eigenvalue weighted by atomic mass is 10.1. The molecular formula is C16H13FN4O2. The maximum Gasteiger partial charge on any atom is 0.260 e. The zero-order chi connectivity index (χ0) is 15.8. The predicted molar refractivity (Wildman–Crippen MR) is 80.0 cm³/mol. The first-order valence-corrected chi connectivity index (χ1v) is 7.27. The van der Waals surface area contributed by atoms with Crippen LogP contribution in [-0.4, -0.2) is 20.8 Å². The summed E-state index contributed by atoms with van der Waals surface area (Å²) in [6, 6.07) is 6.16. The molecule has 0 saturated heterocycles. The molecule has 1 aromatic carbocycles. The summed E-state index contributed by atoms with van der Waals surface area (Å²) < 4.78 is 20.5. The van der Waals surface area contributed by atoms with Crippen LogP contribution in [0.2, 0.25) is 0 Å². The molecule has 2 heterocycles. The fourth-order valence-electron chi connectivity index (χ4n) is 2.45. The summed E-state index contributed by atoms with van der Waals surface area (Å²) in [6.45, 7) is 0. The van der Waals surface area contributed by atoms with Crippen molar-refractivity contribution in [1.82, 2.24) is 14.9 Å². The number of hydrogen-bond acceptors (Lipinski definition) is 4. The van der Waals surface area contributed by atoms with Gasteiger partial charge < -0.3 is 9.84 Å². The summed E-state index contributed by atoms with van der Waals surface area (Å²) in [7, 11) is 0. The molecule has 7 heteroatoms. The van der Waals surface area contributed by atoms with Gasteiger partial charge in [0.05, 0.1) is 5.69 Å². The van der Waals surface area contributed by atoms with Gasteiger partial charge in [0.2, 0.25) is 0 Å². The highest BCUT2D eigenvalue weighted by Gasteiger charge is 2.31. The van der Waals surface area contributed by atoms with Crippen LogP contribution >= 0.6 is 0 Å². The van der Waals surface area contributed by atoms with Crippen molar-refractivity contribution < 1.29 is 13.7 Å². The van der Waals surface area contributed by atoms with Crippen molar-refractivity contribution in [2.75, 3.05) is 5.32 Å². The van der Waals surface area contributed by atoms with Gasteiger partial charge in [0, 0.05) is 24.0 Å². The molecule has 0 aliphatic heterocycles. The smallest absolute Gasteiger partial charge is 0.260 e. The molecule has 1 fully saturated rings. The number of amides is 1. The van der Waals surface area contributed by atoms with Gasteiger partial charge in [-0.3, -0.25) is 4.79 Å². The number of benzene rings is 1. The van der Waals surface area contributed by atoms with Crippen molar-refractivity contribution in [3.8, 4) is 5.69 Å². The molecule has 1 aliphatic rings. The fraction of sp³-hybridized carbons (Fsp3) is 0.188. The van der Waals surface area contributed by atoms with Gasteiger partial charge in [-0.25, -0.2) is 9.07 Å². The minimum Gasteiger partial charge on any atom is -0.364 e. The number of hydrogen-bond donors (Lipinski definition) is 1. The van der Waals surface area contributed by atoms with E-state index < -0.39 is 5.82 Å². The Hall–Kier alpha value is -2.96. The quantitative estimate of drug-likeness (QED) is 0.803. The number of anilines is 1. The van der Waals surface area contributed by atoms with Crippen molar-refractivity contribution in [1.29, 1.82) is 0 Å². The summed E-state index contributed by atoms with van der Waals surface area (Å²) in [5.41, 5.74) is 1.77. The highest BCUT2D eigenvalue weighted by molar-refractivity contribution is 6.05. The van der Waals surface area contributed by atoms with E-state index in [1.807, 2.05) is 0 Å². The van der Waals surface area contributed by atoms with E-state index in [2.05, 4.69) is 15.6 Å². The number of halogens is 1. The second kappa shape index (κ2) is 5.35. The van der Waals surface area contributed by atoms with Crippen LogP contribution in [-0.2, 0) is 0 Å². The average Bonchev–Trinajstić information content (AvgIpc) is 3.03. The van der Waals surface area contributed by atoms with Crippen LogP contribution in [0.15, 0.2) is 47.4 Å².